The first kappa shape index (κ1) is 62.5. The molecular formula is C76H64B2N8O8. The van der Waals surface area contributed by atoms with Crippen LogP contribution in [0, 0.1) is 22.7 Å². The Labute approximate surface area is 545 Å². The molecule has 0 radical (unpaired) electrons. The smallest absolute Gasteiger partial charge is 0.328 e. The first-order chi connectivity index (χ1) is 46.3. The molecule has 0 aliphatic heterocycles. The van der Waals surface area contributed by atoms with Gasteiger partial charge in [-0.2, -0.15) is 10.5 Å². The van der Waals surface area contributed by atoms with Crippen LogP contribution in [0.3, 0.4) is 0 Å². The molecule has 0 saturated heterocycles. The lowest BCUT2D eigenvalue weighted by molar-refractivity contribution is 0.0750. The Kier molecular flexibility index (Phi) is 19.3. The van der Waals surface area contributed by atoms with Gasteiger partial charge in [-0.15, -0.1) is 0 Å². The summed E-state index contributed by atoms with van der Waals surface area (Å²) in [5.41, 5.74) is 11.1. The SMILES string of the molecule is C=COCCOCc1ccc(-c2c3/c(=C(\C#N)c4cnc5cc(OC)c(OC)cc5n4)n(B(c4ccccc4)c4ccccc4)c(-c4ccc(COCCOC=C)cc4)c3/c(=C(\C#N)c3cnc4cc(OC)c(OC)cc4n3)n2B(c2ccccc2)c2ccccc2)cc1. The van der Waals surface area contributed by atoms with Gasteiger partial charge in [0.2, 0.25) is 0 Å². The van der Waals surface area contributed by atoms with Gasteiger partial charge in [0, 0.05) is 46.4 Å². The Morgan fingerprint density at radius 2 is 0.755 bits per heavy atom. The lowest BCUT2D eigenvalue weighted by Crippen LogP contribution is -2.54. The minimum atomic E-state index is -0.667. The van der Waals surface area contributed by atoms with Crippen molar-refractivity contribution in [2.75, 3.05) is 54.9 Å². The Morgan fingerprint density at radius 1 is 0.436 bits per heavy atom. The van der Waals surface area contributed by atoms with E-state index in [0.717, 1.165) is 44.1 Å². The van der Waals surface area contributed by atoms with Crippen molar-refractivity contribution in [3.8, 4) is 57.7 Å². The molecular weight excluding hydrogens is 1170 g/mol. The second-order valence-electron chi connectivity index (χ2n) is 21.8. The number of rotatable bonds is 26. The van der Waals surface area contributed by atoms with E-state index in [2.05, 4.69) is 107 Å². The predicted molar refractivity (Wildman–Crippen MR) is 370 cm³/mol. The van der Waals surface area contributed by atoms with Crippen LogP contribution in [0.15, 0.2) is 232 Å². The summed E-state index contributed by atoms with van der Waals surface area (Å²) in [4.78, 5) is 20.7. The van der Waals surface area contributed by atoms with Crippen LogP contribution in [-0.4, -0.2) is 97.5 Å². The largest absolute Gasteiger partial charge is 0.499 e. The number of ether oxygens (including phenoxy) is 8. The van der Waals surface area contributed by atoms with Gasteiger partial charge in [-0.25, -0.2) is 9.97 Å². The Morgan fingerprint density at radius 3 is 1.05 bits per heavy atom. The van der Waals surface area contributed by atoms with Crippen LogP contribution < -0.4 is 51.5 Å². The summed E-state index contributed by atoms with van der Waals surface area (Å²) in [6.45, 7) is 7.98. The van der Waals surface area contributed by atoms with E-state index in [1.54, 1.807) is 65.1 Å². The molecule has 0 bridgehead atoms. The topological polar surface area (TPSA) is 183 Å². The summed E-state index contributed by atoms with van der Waals surface area (Å²) in [5.74, 6) is 1.81. The lowest BCUT2D eigenvalue weighted by atomic mass is 9.50. The fourth-order valence-electron chi connectivity index (χ4n) is 12.2. The molecule has 8 aromatic carbocycles. The van der Waals surface area contributed by atoms with E-state index in [4.69, 9.17) is 57.8 Å². The first-order valence-corrected chi connectivity index (χ1v) is 30.5. The number of hydrogen-bond donors (Lipinski definition) is 0. The molecule has 0 aliphatic carbocycles. The summed E-state index contributed by atoms with van der Waals surface area (Å²) in [6.07, 6.45) is 6.06. The molecule has 4 heterocycles. The van der Waals surface area contributed by atoms with Gasteiger partial charge >= 0.3 is 13.7 Å². The second kappa shape index (κ2) is 29.1. The summed E-state index contributed by atoms with van der Waals surface area (Å²) >= 11 is 0. The zero-order chi connectivity index (χ0) is 64.9. The maximum Gasteiger partial charge on any atom is 0.328 e. The average Bonchev–Trinajstić information content (AvgIpc) is 1.52. The van der Waals surface area contributed by atoms with E-state index in [-0.39, 0.29) is 35.7 Å². The first-order valence-electron chi connectivity index (χ1n) is 30.5. The summed E-state index contributed by atoms with van der Waals surface area (Å²) < 4.78 is 50.7. The van der Waals surface area contributed by atoms with Crippen LogP contribution in [-0.2, 0) is 32.2 Å². The van der Waals surface area contributed by atoms with E-state index in [1.165, 1.54) is 12.5 Å². The molecule has 0 spiro atoms. The van der Waals surface area contributed by atoms with E-state index in [9.17, 15) is 10.5 Å². The average molecular weight is 1240 g/mol. The van der Waals surface area contributed by atoms with Gasteiger partial charge in [0.05, 0.1) is 113 Å². The number of nitrogens with zero attached hydrogens (tertiary/aromatic N) is 8. The van der Waals surface area contributed by atoms with Crippen molar-refractivity contribution in [2.45, 2.75) is 13.2 Å². The van der Waals surface area contributed by atoms with Gasteiger partial charge in [0.25, 0.3) is 0 Å². The van der Waals surface area contributed by atoms with Gasteiger partial charge < -0.3 is 46.9 Å². The minimum absolute atomic E-state index is 0.182. The Balaban J connectivity index is 1.37. The number of methoxy groups -OCH3 is 4. The molecule has 16 nitrogen and oxygen atoms in total. The predicted octanol–water partition coefficient (Wildman–Crippen LogP) is 9.80. The molecule has 0 atom stereocenters. The highest BCUT2D eigenvalue weighted by molar-refractivity contribution is 6.85. The van der Waals surface area contributed by atoms with Crippen molar-refractivity contribution in [3.63, 3.8) is 0 Å². The summed E-state index contributed by atoms with van der Waals surface area (Å²) in [6, 6.07) is 70.0. The van der Waals surface area contributed by atoms with Crippen molar-refractivity contribution in [1.29, 1.82) is 10.5 Å². The number of fused-ring (bicyclic) bond motifs is 3. The van der Waals surface area contributed by atoms with E-state index in [1.807, 2.05) is 97.1 Å². The number of benzene rings is 8. The van der Waals surface area contributed by atoms with Gasteiger partial charge in [0.1, 0.15) is 47.9 Å². The molecule has 12 rings (SSSR count). The highest BCUT2D eigenvalue weighted by Gasteiger charge is 2.37. The Bertz CT molecular complexity index is 4540. The van der Waals surface area contributed by atoms with Gasteiger partial charge in [0.15, 0.2) is 23.0 Å². The third-order valence-corrected chi connectivity index (χ3v) is 16.4. The number of hydrogen-bond acceptors (Lipinski definition) is 14. The van der Waals surface area contributed by atoms with Crippen LogP contribution in [0.4, 0.5) is 0 Å². The van der Waals surface area contributed by atoms with Crippen LogP contribution in [0.25, 0.3) is 66.5 Å². The van der Waals surface area contributed by atoms with Crippen LogP contribution in [0.5, 0.6) is 23.0 Å². The van der Waals surface area contributed by atoms with Crippen LogP contribution in [0.1, 0.15) is 22.5 Å². The van der Waals surface area contributed by atoms with E-state index in [0.29, 0.717) is 104 Å². The van der Waals surface area contributed by atoms with Crippen LogP contribution in [0.2, 0.25) is 0 Å². The monoisotopic (exact) mass is 1240 g/mol. The molecule has 0 aliphatic rings. The van der Waals surface area contributed by atoms with Gasteiger partial charge in [-0.3, -0.25) is 9.97 Å². The molecule has 12 aromatic rings. The molecule has 0 unspecified atom stereocenters. The van der Waals surface area contributed by atoms with Crippen molar-refractivity contribution in [3.05, 3.63) is 265 Å². The quantitative estimate of drug-likeness (QED) is 0.0284. The Hall–Kier alpha value is -11.7. The van der Waals surface area contributed by atoms with Crippen molar-refractivity contribution >= 4 is 79.5 Å². The summed E-state index contributed by atoms with van der Waals surface area (Å²) in [5, 5.41) is 27.3. The van der Waals surface area contributed by atoms with Crippen LogP contribution >= 0.6 is 0 Å². The molecule has 0 N–H and O–H groups in total. The maximum absolute atomic E-state index is 12.6. The minimum Gasteiger partial charge on any atom is -0.499 e. The van der Waals surface area contributed by atoms with E-state index < -0.39 is 13.7 Å². The molecule has 462 valence electrons. The zero-order valence-corrected chi connectivity index (χ0v) is 52.4. The maximum atomic E-state index is 12.6. The second-order valence-corrected chi connectivity index (χ2v) is 21.8. The van der Waals surface area contributed by atoms with Crippen molar-refractivity contribution in [2.24, 2.45) is 0 Å². The standard InChI is InChI=1S/C76H64B2N8O8/c1-7-91-37-39-93-49-51-29-33-53(34-30-51)73-71-72(76(85(73)77(55-21-13-9-14-22-55)56-23-15-10-16-24-56)60(46-80)66-48-82-62-42-68(88-4)70(90-6)44-64(62)84-66)74(54-35-31-52(32-36-54)50-94-40-38-92-8-2)86(78(57-25-17-11-18-26-57)58-27-19-12-20-28-58)75(71)59(45-79)65-47-81-61-41-67(87-3)69(89-5)43-63(61)83-65/h7-36,41-44,47-48H,1-2,37-40,49-50H2,3-6H3/b75-59-,76-60-. The number of aromatic nitrogens is 6. The molecule has 18 heteroatoms. The summed E-state index contributed by atoms with van der Waals surface area (Å²) in [7, 11) is 6.27. The normalized spacial score (nSPS) is 11.7. The highest BCUT2D eigenvalue weighted by atomic mass is 16.5. The zero-order valence-electron chi connectivity index (χ0n) is 52.4. The van der Waals surface area contributed by atoms with E-state index >= 15 is 0 Å². The molecule has 4 aromatic heterocycles. The third kappa shape index (κ3) is 12.6. The molecule has 0 fully saturated rings. The van der Waals surface area contributed by atoms with Gasteiger partial charge in [-0.05, 0) is 22.3 Å². The fraction of sp³-hybridized carbons (Fsp3) is 0.132. The molecule has 94 heavy (non-hydrogen) atoms. The van der Waals surface area contributed by atoms with Gasteiger partial charge in [-0.1, -0.05) is 205 Å². The third-order valence-electron chi connectivity index (χ3n) is 16.4. The van der Waals surface area contributed by atoms with Crippen molar-refractivity contribution in [1.82, 2.24) is 28.9 Å². The highest BCUT2D eigenvalue weighted by Crippen LogP contribution is 2.38. The molecule has 0 saturated carbocycles. The molecule has 0 amide bonds. The van der Waals surface area contributed by atoms with Crippen molar-refractivity contribution < 1.29 is 37.9 Å². The fourth-order valence-corrected chi connectivity index (χ4v) is 12.2. The number of nitriles is 2. The lowest BCUT2D eigenvalue weighted by Gasteiger charge is -2.24.